The Morgan fingerprint density at radius 3 is 2.82 bits per heavy atom. The van der Waals surface area contributed by atoms with Gasteiger partial charge in [-0.3, -0.25) is 0 Å². The van der Waals surface area contributed by atoms with Crippen LogP contribution in [0.3, 0.4) is 0 Å². The molecule has 4 nitrogen and oxygen atoms in total. The Labute approximate surface area is 101 Å². The lowest BCUT2D eigenvalue weighted by Gasteiger charge is -2.23. The van der Waals surface area contributed by atoms with Crippen molar-refractivity contribution in [1.82, 2.24) is 14.8 Å². The minimum Gasteiger partial charge on any atom is -0.328 e. The van der Waals surface area contributed by atoms with Crippen molar-refractivity contribution < 1.29 is 4.39 Å². The van der Waals surface area contributed by atoms with Crippen LogP contribution in [0.25, 0.3) is 0 Å². The van der Waals surface area contributed by atoms with Crippen molar-refractivity contribution >= 4 is 0 Å². The number of aromatic nitrogens is 3. The Morgan fingerprint density at radius 1 is 1.59 bits per heavy atom. The average molecular weight is 240 g/mol. The van der Waals surface area contributed by atoms with Crippen LogP contribution in [0.4, 0.5) is 4.39 Å². The van der Waals surface area contributed by atoms with E-state index in [1.807, 2.05) is 0 Å². The van der Waals surface area contributed by atoms with Gasteiger partial charge in [-0.15, -0.1) is 0 Å². The van der Waals surface area contributed by atoms with Crippen molar-refractivity contribution in [2.24, 2.45) is 17.6 Å². The summed E-state index contributed by atoms with van der Waals surface area (Å²) in [6.45, 7) is 5.07. The number of halogens is 1. The first kappa shape index (κ1) is 12.5. The minimum absolute atomic E-state index is 0.0756. The van der Waals surface area contributed by atoms with Crippen molar-refractivity contribution in [3.05, 3.63) is 12.2 Å². The zero-order valence-corrected chi connectivity index (χ0v) is 10.6. The summed E-state index contributed by atoms with van der Waals surface area (Å²) < 4.78 is 16.4. The molecule has 0 radical (unpaired) electrons. The summed E-state index contributed by atoms with van der Waals surface area (Å²) in [5, 5.41) is 4.15. The molecule has 0 aliphatic heterocycles. The minimum atomic E-state index is -1.29. The van der Waals surface area contributed by atoms with Gasteiger partial charge in [0.05, 0.1) is 0 Å². The molecule has 1 aromatic heterocycles. The second-order valence-electron chi connectivity index (χ2n) is 5.44. The van der Waals surface area contributed by atoms with Gasteiger partial charge in [-0.1, -0.05) is 13.8 Å². The maximum Gasteiger partial charge on any atom is 0.138 e. The zero-order chi connectivity index (χ0) is 12.5. The van der Waals surface area contributed by atoms with Gasteiger partial charge in [-0.2, -0.15) is 5.10 Å². The third kappa shape index (κ3) is 2.83. The smallest absolute Gasteiger partial charge is 0.138 e. The molecular weight excluding hydrogens is 219 g/mol. The highest BCUT2D eigenvalue weighted by Crippen LogP contribution is 2.43. The first-order valence-electron chi connectivity index (χ1n) is 6.31. The fourth-order valence-electron chi connectivity index (χ4n) is 2.17. The normalized spacial score (nSPS) is 19.6. The predicted molar refractivity (Wildman–Crippen MR) is 64.2 cm³/mol. The van der Waals surface area contributed by atoms with Crippen LogP contribution in [0.2, 0.25) is 0 Å². The number of hydrogen-bond donors (Lipinski definition) is 1. The average Bonchev–Trinajstić information content (AvgIpc) is 3.04. The van der Waals surface area contributed by atoms with Crippen molar-refractivity contribution in [3.8, 4) is 0 Å². The van der Waals surface area contributed by atoms with Gasteiger partial charge in [0.25, 0.3) is 0 Å². The Balaban J connectivity index is 2.09. The molecule has 2 rings (SSSR count). The summed E-state index contributed by atoms with van der Waals surface area (Å²) in [5.74, 6) is 1.32. The molecule has 0 aromatic carbocycles. The standard InChI is InChI=1S/C12H21FN4/c1-9(2)6-17-11(15-8-16-17)5-12(13,7-14)10-3-4-10/h8-10H,3-7,14H2,1-2H3. The van der Waals surface area contributed by atoms with E-state index in [2.05, 4.69) is 23.9 Å². The predicted octanol–water partition coefficient (Wildman–Crippen LogP) is 1.55. The molecule has 2 N–H and O–H groups in total. The van der Waals surface area contributed by atoms with E-state index >= 15 is 0 Å². The maximum atomic E-state index is 14.6. The van der Waals surface area contributed by atoms with E-state index in [0.717, 1.165) is 25.2 Å². The second kappa shape index (κ2) is 4.72. The van der Waals surface area contributed by atoms with Gasteiger partial charge in [-0.25, -0.2) is 14.1 Å². The quantitative estimate of drug-likeness (QED) is 0.821. The lowest BCUT2D eigenvalue weighted by Crippen LogP contribution is -2.38. The Morgan fingerprint density at radius 2 is 2.29 bits per heavy atom. The van der Waals surface area contributed by atoms with E-state index in [-0.39, 0.29) is 12.5 Å². The molecule has 1 atom stereocenters. The second-order valence-corrected chi connectivity index (χ2v) is 5.44. The molecule has 0 bridgehead atoms. The SMILES string of the molecule is CC(C)Cn1ncnc1CC(F)(CN)C1CC1. The Hall–Kier alpha value is -0.970. The molecule has 1 aromatic rings. The van der Waals surface area contributed by atoms with Gasteiger partial charge >= 0.3 is 0 Å². The van der Waals surface area contributed by atoms with Crippen LogP contribution in [0.15, 0.2) is 6.33 Å². The summed E-state index contributed by atoms with van der Waals surface area (Å²) >= 11 is 0. The largest absolute Gasteiger partial charge is 0.328 e. The lowest BCUT2D eigenvalue weighted by atomic mass is 9.95. The molecule has 17 heavy (non-hydrogen) atoms. The molecular formula is C12H21FN4. The van der Waals surface area contributed by atoms with E-state index < -0.39 is 5.67 Å². The van der Waals surface area contributed by atoms with Crippen LogP contribution >= 0.6 is 0 Å². The lowest BCUT2D eigenvalue weighted by molar-refractivity contribution is 0.137. The number of nitrogens with zero attached hydrogens (tertiary/aromatic N) is 3. The molecule has 1 fully saturated rings. The van der Waals surface area contributed by atoms with Gasteiger partial charge in [0.15, 0.2) is 0 Å². The molecule has 5 heteroatoms. The van der Waals surface area contributed by atoms with Gasteiger partial charge in [0.2, 0.25) is 0 Å². The van der Waals surface area contributed by atoms with Gasteiger partial charge in [0.1, 0.15) is 17.8 Å². The third-order valence-corrected chi connectivity index (χ3v) is 3.33. The van der Waals surface area contributed by atoms with E-state index in [1.54, 1.807) is 4.68 Å². The fourth-order valence-corrected chi connectivity index (χ4v) is 2.17. The molecule has 1 saturated carbocycles. The van der Waals surface area contributed by atoms with Crippen LogP contribution in [-0.4, -0.2) is 27.0 Å². The number of nitrogens with two attached hydrogens (primary N) is 1. The number of alkyl halides is 1. The van der Waals surface area contributed by atoms with E-state index in [9.17, 15) is 4.39 Å². The van der Waals surface area contributed by atoms with Crippen LogP contribution < -0.4 is 5.73 Å². The Kier molecular flexibility index (Phi) is 3.47. The van der Waals surface area contributed by atoms with Crippen molar-refractivity contribution in [1.29, 1.82) is 0 Å². The van der Waals surface area contributed by atoms with Crippen molar-refractivity contribution in [3.63, 3.8) is 0 Å². The van der Waals surface area contributed by atoms with Crippen LogP contribution in [0, 0.1) is 11.8 Å². The van der Waals surface area contributed by atoms with Crippen LogP contribution in [0.5, 0.6) is 0 Å². The van der Waals surface area contributed by atoms with Crippen LogP contribution in [-0.2, 0) is 13.0 Å². The molecule has 1 heterocycles. The maximum absolute atomic E-state index is 14.6. The number of hydrogen-bond acceptors (Lipinski definition) is 3. The van der Waals surface area contributed by atoms with E-state index in [4.69, 9.17) is 5.73 Å². The summed E-state index contributed by atoms with van der Waals surface area (Å²) in [5.41, 5.74) is 4.29. The molecule has 1 aliphatic rings. The fraction of sp³-hybridized carbons (Fsp3) is 0.833. The van der Waals surface area contributed by atoms with Gasteiger partial charge in [-0.05, 0) is 24.7 Å². The third-order valence-electron chi connectivity index (χ3n) is 3.33. The zero-order valence-electron chi connectivity index (χ0n) is 10.6. The van der Waals surface area contributed by atoms with Crippen molar-refractivity contribution in [2.45, 2.75) is 45.3 Å². The molecule has 1 aliphatic carbocycles. The van der Waals surface area contributed by atoms with Crippen LogP contribution in [0.1, 0.15) is 32.5 Å². The molecule has 0 saturated heterocycles. The topological polar surface area (TPSA) is 56.7 Å². The van der Waals surface area contributed by atoms with E-state index in [1.165, 1.54) is 6.33 Å². The molecule has 0 amide bonds. The highest BCUT2D eigenvalue weighted by Gasteiger charge is 2.45. The monoisotopic (exact) mass is 240 g/mol. The van der Waals surface area contributed by atoms with Gasteiger partial charge < -0.3 is 5.73 Å². The summed E-state index contributed by atoms with van der Waals surface area (Å²) in [4.78, 5) is 4.17. The van der Waals surface area contributed by atoms with Crippen molar-refractivity contribution in [2.75, 3.05) is 6.54 Å². The first-order valence-corrected chi connectivity index (χ1v) is 6.31. The highest BCUT2D eigenvalue weighted by molar-refractivity contribution is 5.03. The van der Waals surface area contributed by atoms with Gasteiger partial charge in [0, 0.05) is 19.5 Å². The Bertz CT molecular complexity index is 372. The summed E-state index contributed by atoms with van der Waals surface area (Å²) in [6, 6.07) is 0. The first-order chi connectivity index (χ1) is 8.05. The molecule has 96 valence electrons. The molecule has 1 unspecified atom stereocenters. The summed E-state index contributed by atoms with van der Waals surface area (Å²) in [7, 11) is 0. The summed E-state index contributed by atoms with van der Waals surface area (Å²) in [6.07, 6.45) is 3.69. The molecule has 0 spiro atoms. The van der Waals surface area contributed by atoms with E-state index in [0.29, 0.717) is 12.3 Å². The highest BCUT2D eigenvalue weighted by atomic mass is 19.1. The number of rotatable bonds is 6.